The summed E-state index contributed by atoms with van der Waals surface area (Å²) in [5.74, 6) is 1.13. The van der Waals surface area contributed by atoms with Crippen LogP contribution in [-0.2, 0) is 4.79 Å². The number of hydrogen-bond acceptors (Lipinski definition) is 6. The molecule has 2 aliphatic carbocycles. The molecule has 2 saturated carbocycles. The summed E-state index contributed by atoms with van der Waals surface area (Å²) in [4.78, 5) is 14.2. The lowest BCUT2D eigenvalue weighted by molar-refractivity contribution is -0.133. The minimum absolute atomic E-state index is 0.115. The number of nitrogens with zero attached hydrogens (tertiary/aromatic N) is 3. The number of likely N-dealkylation sites (tertiary alicyclic amines) is 1. The average molecular weight is 399 g/mol. The van der Waals surface area contributed by atoms with Crippen LogP contribution in [0.1, 0.15) is 51.9 Å². The van der Waals surface area contributed by atoms with Crippen molar-refractivity contribution in [2.75, 3.05) is 18.4 Å². The normalized spacial score (nSPS) is 20.8. The van der Waals surface area contributed by atoms with Crippen LogP contribution in [0.4, 0.5) is 6.01 Å². The first-order valence-corrected chi connectivity index (χ1v) is 10.7. The van der Waals surface area contributed by atoms with Crippen LogP contribution in [-0.4, -0.2) is 46.2 Å². The summed E-state index contributed by atoms with van der Waals surface area (Å²) in [6.45, 7) is 3.59. The number of piperidine rings is 1. The highest BCUT2D eigenvalue weighted by Crippen LogP contribution is 2.53. The summed E-state index contributed by atoms with van der Waals surface area (Å²) < 4.78 is 10.6. The molecule has 1 amide bonds. The fourth-order valence-electron chi connectivity index (χ4n) is 3.82. The Hall–Kier alpha value is -2.57. The van der Waals surface area contributed by atoms with Crippen molar-refractivity contribution in [2.45, 2.75) is 64.0 Å². The van der Waals surface area contributed by atoms with Crippen molar-refractivity contribution in [1.82, 2.24) is 15.1 Å². The maximum Gasteiger partial charge on any atom is 0.315 e. The molecule has 29 heavy (non-hydrogen) atoms. The first-order chi connectivity index (χ1) is 14.1. The van der Waals surface area contributed by atoms with Crippen LogP contribution < -0.4 is 10.1 Å². The molecule has 1 atom stereocenters. The highest BCUT2D eigenvalue weighted by atomic mass is 16.5. The number of anilines is 1. The van der Waals surface area contributed by atoms with Gasteiger partial charge in [0.2, 0.25) is 12.3 Å². The molecule has 0 bridgehead atoms. The molecule has 2 heterocycles. The van der Waals surface area contributed by atoms with Gasteiger partial charge in [-0.05, 0) is 69.4 Å². The van der Waals surface area contributed by atoms with Gasteiger partial charge in [0.05, 0.1) is 6.10 Å². The standard InChI is InChI=1S/C12H18N4O2.C10H12O/c1-9(14-11-15-13-8-18-11)10(17)16-6-4-12(2-3-12)5-7-16;1-2-5-9(6-3-1)11-10-7-4-8-10/h8-9H,2-7H2,1H3,(H,14,15);1-3,5-6,10H,4,7-8H2. The van der Waals surface area contributed by atoms with E-state index in [-0.39, 0.29) is 11.9 Å². The molecule has 5 rings (SSSR count). The molecule has 7 nitrogen and oxygen atoms in total. The van der Waals surface area contributed by atoms with Gasteiger partial charge in [-0.3, -0.25) is 4.79 Å². The number of nitrogens with one attached hydrogen (secondary N) is 1. The predicted molar refractivity (Wildman–Crippen MR) is 110 cm³/mol. The van der Waals surface area contributed by atoms with Gasteiger partial charge in [-0.2, -0.15) is 0 Å². The summed E-state index contributed by atoms with van der Waals surface area (Å²) in [6, 6.07) is 10.0. The van der Waals surface area contributed by atoms with Gasteiger partial charge in [-0.15, -0.1) is 5.10 Å². The highest BCUT2D eigenvalue weighted by Gasteiger charge is 2.45. The van der Waals surface area contributed by atoms with Crippen LogP contribution in [0.25, 0.3) is 0 Å². The maximum atomic E-state index is 12.2. The lowest BCUT2D eigenvalue weighted by Gasteiger charge is -2.33. The molecule has 2 aromatic rings. The molecule has 156 valence electrons. The van der Waals surface area contributed by atoms with Gasteiger partial charge in [0.15, 0.2) is 0 Å². The zero-order chi connectivity index (χ0) is 20.1. The number of ether oxygens (including phenoxy) is 1. The van der Waals surface area contributed by atoms with Crippen LogP contribution in [0.5, 0.6) is 5.75 Å². The van der Waals surface area contributed by atoms with E-state index in [2.05, 4.69) is 15.5 Å². The van der Waals surface area contributed by atoms with Crippen molar-refractivity contribution < 1.29 is 13.9 Å². The zero-order valence-corrected chi connectivity index (χ0v) is 17.0. The Kier molecular flexibility index (Phi) is 6.02. The molecular weight excluding hydrogens is 368 g/mol. The summed E-state index contributed by atoms with van der Waals surface area (Å²) in [7, 11) is 0. The fraction of sp³-hybridized carbons (Fsp3) is 0.591. The smallest absolute Gasteiger partial charge is 0.315 e. The number of amides is 1. The number of carbonyl (C=O) groups is 1. The third-order valence-electron chi connectivity index (χ3n) is 6.26. The van der Waals surface area contributed by atoms with E-state index in [1.165, 1.54) is 38.5 Å². The molecule has 1 aromatic carbocycles. The molecule has 1 aromatic heterocycles. The second kappa shape index (κ2) is 8.84. The minimum atomic E-state index is -0.321. The molecule has 3 fully saturated rings. The van der Waals surface area contributed by atoms with Crippen LogP contribution in [0.2, 0.25) is 0 Å². The number of carbonyl (C=O) groups excluding carboxylic acids is 1. The topological polar surface area (TPSA) is 80.5 Å². The number of rotatable bonds is 5. The molecule has 0 radical (unpaired) electrons. The van der Waals surface area contributed by atoms with Crippen molar-refractivity contribution >= 4 is 11.9 Å². The third kappa shape index (κ3) is 5.28. The lowest BCUT2D eigenvalue weighted by atomic mass is 9.93. The number of benzene rings is 1. The largest absolute Gasteiger partial charge is 0.490 e. The Morgan fingerprint density at radius 3 is 2.48 bits per heavy atom. The molecule has 7 heteroatoms. The maximum absolute atomic E-state index is 12.2. The van der Waals surface area contributed by atoms with Gasteiger partial charge >= 0.3 is 6.01 Å². The van der Waals surface area contributed by atoms with E-state index in [4.69, 9.17) is 9.15 Å². The van der Waals surface area contributed by atoms with E-state index in [1.54, 1.807) is 0 Å². The van der Waals surface area contributed by atoms with Gasteiger partial charge in [0.25, 0.3) is 0 Å². The van der Waals surface area contributed by atoms with E-state index in [9.17, 15) is 4.79 Å². The zero-order valence-electron chi connectivity index (χ0n) is 17.0. The van der Waals surface area contributed by atoms with Crippen molar-refractivity contribution in [3.05, 3.63) is 36.7 Å². The van der Waals surface area contributed by atoms with Gasteiger partial charge < -0.3 is 19.4 Å². The fourth-order valence-corrected chi connectivity index (χ4v) is 3.82. The van der Waals surface area contributed by atoms with E-state index >= 15 is 0 Å². The predicted octanol–water partition coefficient (Wildman–Crippen LogP) is 3.89. The van der Waals surface area contributed by atoms with E-state index in [0.29, 0.717) is 17.5 Å². The first kappa shape index (κ1) is 19.7. The highest BCUT2D eigenvalue weighted by molar-refractivity contribution is 5.83. The number of para-hydroxylation sites is 1. The van der Waals surface area contributed by atoms with E-state index in [0.717, 1.165) is 31.7 Å². The Morgan fingerprint density at radius 1 is 1.21 bits per heavy atom. The average Bonchev–Trinajstić information content (AvgIpc) is 3.26. The second-order valence-electron chi connectivity index (χ2n) is 8.42. The molecule has 1 N–H and O–H groups in total. The molecule has 1 unspecified atom stereocenters. The van der Waals surface area contributed by atoms with Crippen LogP contribution in [0, 0.1) is 5.41 Å². The van der Waals surface area contributed by atoms with Crippen LogP contribution in [0.3, 0.4) is 0 Å². The second-order valence-corrected chi connectivity index (χ2v) is 8.42. The molecule has 3 aliphatic rings. The Labute approximate surface area is 171 Å². The first-order valence-electron chi connectivity index (χ1n) is 10.7. The molecular formula is C22H30N4O3. The third-order valence-corrected chi connectivity index (χ3v) is 6.26. The van der Waals surface area contributed by atoms with E-state index < -0.39 is 0 Å². The van der Waals surface area contributed by atoms with Crippen molar-refractivity contribution in [3.8, 4) is 5.75 Å². The van der Waals surface area contributed by atoms with Crippen LogP contribution in [0.15, 0.2) is 41.1 Å². The van der Waals surface area contributed by atoms with E-state index in [1.807, 2.05) is 42.2 Å². The lowest BCUT2D eigenvalue weighted by Crippen LogP contribution is -2.45. The summed E-state index contributed by atoms with van der Waals surface area (Å²) >= 11 is 0. The van der Waals surface area contributed by atoms with Crippen LogP contribution >= 0.6 is 0 Å². The van der Waals surface area contributed by atoms with Crippen molar-refractivity contribution in [2.24, 2.45) is 5.41 Å². The number of aromatic nitrogens is 2. The SMILES string of the molecule is CC(Nc1nnco1)C(=O)N1CCC2(CC1)CC2.c1ccc(OC2CCC2)cc1. The van der Waals surface area contributed by atoms with Gasteiger partial charge in [0.1, 0.15) is 11.8 Å². The van der Waals surface area contributed by atoms with Gasteiger partial charge in [0, 0.05) is 13.1 Å². The minimum Gasteiger partial charge on any atom is -0.490 e. The molecule has 1 saturated heterocycles. The number of hydrogen-bond donors (Lipinski definition) is 1. The van der Waals surface area contributed by atoms with Gasteiger partial charge in [-0.25, -0.2) is 0 Å². The molecule has 1 spiro atoms. The summed E-state index contributed by atoms with van der Waals surface area (Å²) in [5.41, 5.74) is 0.597. The Bertz CT molecular complexity index is 763. The Balaban J connectivity index is 0.000000159. The molecule has 1 aliphatic heterocycles. The quantitative estimate of drug-likeness (QED) is 0.823. The monoisotopic (exact) mass is 398 g/mol. The summed E-state index contributed by atoms with van der Waals surface area (Å²) in [5, 5.41) is 10.2. The summed E-state index contributed by atoms with van der Waals surface area (Å²) in [6.07, 6.45) is 10.6. The van der Waals surface area contributed by atoms with Crippen molar-refractivity contribution in [1.29, 1.82) is 0 Å². The van der Waals surface area contributed by atoms with Gasteiger partial charge in [-0.1, -0.05) is 23.3 Å². The van der Waals surface area contributed by atoms with Crippen molar-refractivity contribution in [3.63, 3.8) is 0 Å². The Morgan fingerprint density at radius 2 is 1.93 bits per heavy atom.